The molecule has 0 unspecified atom stereocenters. The van der Waals surface area contributed by atoms with Gasteiger partial charge >= 0.3 is 0 Å². The van der Waals surface area contributed by atoms with Gasteiger partial charge in [0.1, 0.15) is 0 Å². The highest BCUT2D eigenvalue weighted by atomic mass is 16.5. The van der Waals surface area contributed by atoms with Crippen molar-refractivity contribution in [2.75, 3.05) is 64.4 Å². The molecule has 0 amide bonds. The molecule has 6 heteroatoms. The molecule has 0 radical (unpaired) electrons. The van der Waals surface area contributed by atoms with Crippen LogP contribution in [0.4, 0.5) is 5.95 Å². The van der Waals surface area contributed by atoms with Crippen LogP contribution >= 0.6 is 0 Å². The van der Waals surface area contributed by atoms with E-state index in [0.29, 0.717) is 0 Å². The lowest BCUT2D eigenvalue weighted by Crippen LogP contribution is -2.52. The minimum Gasteiger partial charge on any atom is -0.383 e. The summed E-state index contributed by atoms with van der Waals surface area (Å²) < 4.78 is 5.22. The maximum Gasteiger partial charge on any atom is 0.225 e. The Morgan fingerprint density at radius 2 is 1.88 bits per heavy atom. The molecular weight excluding hydrogens is 314 g/mol. The highest BCUT2D eigenvalue weighted by molar-refractivity contribution is 5.34. The Hall–Kier alpha value is -1.24. The van der Waals surface area contributed by atoms with Crippen LogP contribution in [0.3, 0.4) is 0 Å². The van der Waals surface area contributed by atoms with Gasteiger partial charge < -0.3 is 14.5 Å². The number of piperazine rings is 1. The topological polar surface area (TPSA) is 44.7 Å². The van der Waals surface area contributed by atoms with E-state index in [4.69, 9.17) is 14.7 Å². The largest absolute Gasteiger partial charge is 0.383 e. The van der Waals surface area contributed by atoms with E-state index < -0.39 is 0 Å². The summed E-state index contributed by atoms with van der Waals surface area (Å²) in [5.74, 6) is 0.942. The zero-order valence-corrected chi connectivity index (χ0v) is 15.5. The van der Waals surface area contributed by atoms with Crippen LogP contribution < -0.4 is 4.90 Å². The van der Waals surface area contributed by atoms with Crippen molar-refractivity contribution in [2.24, 2.45) is 0 Å². The Balaban J connectivity index is 1.36. The van der Waals surface area contributed by atoms with Gasteiger partial charge in [-0.2, -0.15) is 0 Å². The number of nitrogens with zero attached hydrogens (tertiary/aromatic N) is 5. The summed E-state index contributed by atoms with van der Waals surface area (Å²) in [6.07, 6.45) is 8.37. The normalized spacial score (nSPS) is 23.2. The van der Waals surface area contributed by atoms with Crippen LogP contribution in [0.2, 0.25) is 0 Å². The zero-order valence-electron chi connectivity index (χ0n) is 15.5. The van der Waals surface area contributed by atoms with Crippen molar-refractivity contribution in [1.29, 1.82) is 0 Å². The molecule has 0 spiro atoms. The molecule has 0 N–H and O–H groups in total. The van der Waals surface area contributed by atoms with E-state index in [-0.39, 0.29) is 0 Å². The molecule has 6 nitrogen and oxygen atoms in total. The van der Waals surface area contributed by atoms with Gasteiger partial charge in [0.25, 0.3) is 0 Å². The van der Waals surface area contributed by atoms with E-state index in [1.54, 1.807) is 7.11 Å². The summed E-state index contributed by atoms with van der Waals surface area (Å²) in [4.78, 5) is 17.2. The maximum atomic E-state index is 5.22. The molecule has 3 heterocycles. The minimum atomic E-state index is 0.804. The molecule has 0 aromatic carbocycles. The third kappa shape index (κ3) is 3.96. The smallest absolute Gasteiger partial charge is 0.225 e. The Bertz CT molecular complexity index is 569. The number of anilines is 1. The predicted molar refractivity (Wildman–Crippen MR) is 99.2 cm³/mol. The summed E-state index contributed by atoms with van der Waals surface area (Å²) in [6, 6.07) is 0.855. The fourth-order valence-electron chi connectivity index (χ4n) is 4.15. The van der Waals surface area contributed by atoms with E-state index in [9.17, 15) is 0 Å². The van der Waals surface area contributed by atoms with Gasteiger partial charge in [-0.1, -0.05) is 6.42 Å². The number of aromatic nitrogens is 2. The van der Waals surface area contributed by atoms with E-state index in [1.807, 2.05) is 0 Å². The van der Waals surface area contributed by atoms with Gasteiger partial charge in [0.15, 0.2) is 0 Å². The van der Waals surface area contributed by atoms with Crippen LogP contribution in [-0.4, -0.2) is 85.3 Å². The molecule has 1 saturated heterocycles. The molecule has 0 atom stereocenters. The highest BCUT2D eigenvalue weighted by Crippen LogP contribution is 2.26. The summed E-state index contributed by atoms with van der Waals surface area (Å²) in [7, 11) is 1.77. The SMILES string of the molecule is COCCN1CCc2cnc(N3CCN(C4CCC4)CC3)nc2CC1. The van der Waals surface area contributed by atoms with Crippen LogP contribution in [0.1, 0.15) is 30.5 Å². The molecule has 3 aliphatic rings. The molecule has 1 aromatic rings. The molecule has 1 aromatic heterocycles. The first-order valence-electron chi connectivity index (χ1n) is 9.88. The van der Waals surface area contributed by atoms with Gasteiger partial charge in [0.05, 0.1) is 12.3 Å². The average molecular weight is 345 g/mol. The third-order valence-electron chi connectivity index (χ3n) is 6.10. The number of fused-ring (bicyclic) bond motifs is 1. The van der Waals surface area contributed by atoms with Gasteiger partial charge in [0, 0.05) is 71.6 Å². The Morgan fingerprint density at radius 3 is 2.60 bits per heavy atom. The van der Waals surface area contributed by atoms with Crippen LogP contribution in [-0.2, 0) is 17.6 Å². The first-order chi connectivity index (χ1) is 12.3. The molecule has 1 saturated carbocycles. The first-order valence-corrected chi connectivity index (χ1v) is 9.88. The summed E-state index contributed by atoms with van der Waals surface area (Å²) in [5.41, 5.74) is 2.59. The number of rotatable bonds is 5. The van der Waals surface area contributed by atoms with Crippen molar-refractivity contribution in [2.45, 2.75) is 38.1 Å². The third-order valence-corrected chi connectivity index (χ3v) is 6.10. The second-order valence-electron chi connectivity index (χ2n) is 7.58. The van der Waals surface area contributed by atoms with Crippen molar-refractivity contribution < 1.29 is 4.74 Å². The van der Waals surface area contributed by atoms with Crippen LogP contribution in [0, 0.1) is 0 Å². The van der Waals surface area contributed by atoms with Crippen molar-refractivity contribution in [3.05, 3.63) is 17.5 Å². The standard InChI is InChI=1S/C19H31N5O/c1-25-14-13-22-7-5-16-15-20-19(21-18(16)6-8-22)24-11-9-23(10-12-24)17-3-2-4-17/h15,17H,2-14H2,1H3. The molecule has 2 aliphatic heterocycles. The average Bonchev–Trinajstić information content (AvgIpc) is 2.81. The van der Waals surface area contributed by atoms with Crippen molar-refractivity contribution in [3.63, 3.8) is 0 Å². The zero-order chi connectivity index (χ0) is 17.1. The molecule has 1 aliphatic carbocycles. The van der Waals surface area contributed by atoms with Gasteiger partial charge in [-0.25, -0.2) is 9.97 Å². The lowest BCUT2D eigenvalue weighted by atomic mass is 9.91. The van der Waals surface area contributed by atoms with E-state index in [2.05, 4.69) is 20.9 Å². The van der Waals surface area contributed by atoms with Crippen molar-refractivity contribution >= 4 is 5.95 Å². The summed E-state index contributed by atoms with van der Waals surface area (Å²) >= 11 is 0. The number of methoxy groups -OCH3 is 1. The fraction of sp³-hybridized carbons (Fsp3) is 0.789. The van der Waals surface area contributed by atoms with E-state index in [1.165, 1.54) is 30.5 Å². The fourth-order valence-corrected chi connectivity index (χ4v) is 4.15. The lowest BCUT2D eigenvalue weighted by molar-refractivity contribution is 0.120. The van der Waals surface area contributed by atoms with E-state index in [0.717, 1.165) is 77.3 Å². The molecule has 4 rings (SSSR count). The lowest BCUT2D eigenvalue weighted by Gasteiger charge is -2.43. The molecule has 2 fully saturated rings. The second-order valence-corrected chi connectivity index (χ2v) is 7.58. The predicted octanol–water partition coefficient (Wildman–Crippen LogP) is 1.20. The second kappa shape index (κ2) is 7.98. The van der Waals surface area contributed by atoms with Crippen LogP contribution in [0.25, 0.3) is 0 Å². The highest BCUT2D eigenvalue weighted by Gasteiger charge is 2.28. The van der Waals surface area contributed by atoms with Gasteiger partial charge in [-0.05, 0) is 24.8 Å². The monoisotopic (exact) mass is 345 g/mol. The van der Waals surface area contributed by atoms with Gasteiger partial charge in [0.2, 0.25) is 5.95 Å². The Morgan fingerprint density at radius 1 is 1.08 bits per heavy atom. The minimum absolute atomic E-state index is 0.804. The molecule has 0 bridgehead atoms. The molecular formula is C19H31N5O. The number of ether oxygens (including phenoxy) is 1. The quantitative estimate of drug-likeness (QED) is 0.799. The van der Waals surface area contributed by atoms with Gasteiger partial charge in [-0.3, -0.25) is 4.90 Å². The van der Waals surface area contributed by atoms with Crippen molar-refractivity contribution in [3.8, 4) is 0 Å². The first kappa shape index (κ1) is 17.2. The molecule has 138 valence electrons. The van der Waals surface area contributed by atoms with Crippen LogP contribution in [0.5, 0.6) is 0 Å². The summed E-state index contributed by atoms with van der Waals surface area (Å²) in [6.45, 7) is 8.42. The van der Waals surface area contributed by atoms with Crippen LogP contribution in [0.15, 0.2) is 6.20 Å². The maximum absolute atomic E-state index is 5.22. The number of hydrogen-bond acceptors (Lipinski definition) is 6. The molecule has 25 heavy (non-hydrogen) atoms. The summed E-state index contributed by atoms with van der Waals surface area (Å²) in [5, 5.41) is 0. The van der Waals surface area contributed by atoms with Crippen molar-refractivity contribution in [1.82, 2.24) is 19.8 Å². The Labute approximate surface area is 151 Å². The number of hydrogen-bond donors (Lipinski definition) is 0. The van der Waals surface area contributed by atoms with Gasteiger partial charge in [-0.15, -0.1) is 0 Å². The van der Waals surface area contributed by atoms with E-state index >= 15 is 0 Å². The Kier molecular flexibility index (Phi) is 5.48.